The molecule has 0 unspecified atom stereocenters. The largest absolute Gasteiger partial charge is 0.495 e. The second-order valence-corrected chi connectivity index (χ2v) is 4.25. The number of nitrogens with zero attached hydrogens (tertiary/aromatic N) is 2. The lowest BCUT2D eigenvalue weighted by Crippen LogP contribution is -2.12. The Bertz CT molecular complexity index is 629. The summed E-state index contributed by atoms with van der Waals surface area (Å²) in [6.45, 7) is 1.99. The van der Waals surface area contributed by atoms with Gasteiger partial charge in [-0.1, -0.05) is 6.07 Å². The van der Waals surface area contributed by atoms with Crippen LogP contribution in [0.1, 0.15) is 5.56 Å². The lowest BCUT2D eigenvalue weighted by Gasteiger charge is -2.11. The van der Waals surface area contributed by atoms with Gasteiger partial charge in [0.25, 0.3) is 0 Å². The molecule has 0 fully saturated rings. The lowest BCUT2D eigenvalue weighted by atomic mass is 10.2. The molecule has 1 aromatic heterocycles. The number of aromatic nitrogens is 2. The van der Waals surface area contributed by atoms with Crippen molar-refractivity contribution >= 4 is 23.4 Å². The maximum Gasteiger partial charge on any atom is 0.412 e. The summed E-state index contributed by atoms with van der Waals surface area (Å²) in [7, 11) is 2.88. The SMILES string of the molecule is COC(=O)Nc1ccc(Nc2cc(C)ccc2OC)nn1. The first kappa shape index (κ1) is 14.6. The number of carbonyl (C=O) groups excluding carboxylic acids is 1. The minimum atomic E-state index is -0.592. The fraction of sp³-hybridized carbons (Fsp3) is 0.214. The van der Waals surface area contributed by atoms with E-state index in [1.54, 1.807) is 19.2 Å². The summed E-state index contributed by atoms with van der Waals surface area (Å²) in [6.07, 6.45) is -0.592. The minimum absolute atomic E-state index is 0.309. The Morgan fingerprint density at radius 3 is 2.43 bits per heavy atom. The average Bonchev–Trinajstić information content (AvgIpc) is 2.49. The third-order valence-electron chi connectivity index (χ3n) is 2.70. The van der Waals surface area contributed by atoms with Crippen LogP contribution in [0.25, 0.3) is 0 Å². The summed E-state index contributed by atoms with van der Waals surface area (Å²) in [4.78, 5) is 11.0. The highest BCUT2D eigenvalue weighted by Gasteiger charge is 2.06. The molecule has 0 saturated carbocycles. The maximum atomic E-state index is 11.0. The van der Waals surface area contributed by atoms with Crippen LogP contribution in [-0.4, -0.2) is 30.5 Å². The molecule has 0 saturated heterocycles. The molecular formula is C14H16N4O3. The van der Waals surface area contributed by atoms with E-state index in [2.05, 4.69) is 25.6 Å². The molecular weight excluding hydrogens is 272 g/mol. The Morgan fingerprint density at radius 2 is 1.81 bits per heavy atom. The molecule has 2 aromatic rings. The molecule has 0 spiro atoms. The number of hydrogen-bond donors (Lipinski definition) is 2. The molecule has 0 bridgehead atoms. The van der Waals surface area contributed by atoms with Crippen molar-refractivity contribution < 1.29 is 14.3 Å². The van der Waals surface area contributed by atoms with E-state index in [1.807, 2.05) is 25.1 Å². The molecule has 2 N–H and O–H groups in total. The van der Waals surface area contributed by atoms with Gasteiger partial charge in [0, 0.05) is 0 Å². The molecule has 0 aliphatic rings. The Balaban J connectivity index is 2.13. The van der Waals surface area contributed by atoms with Crippen LogP contribution in [0.5, 0.6) is 5.75 Å². The third kappa shape index (κ3) is 3.82. The van der Waals surface area contributed by atoms with Crippen LogP contribution in [0.3, 0.4) is 0 Å². The number of ether oxygens (including phenoxy) is 2. The second-order valence-electron chi connectivity index (χ2n) is 4.25. The summed E-state index contributed by atoms with van der Waals surface area (Å²) in [5.74, 6) is 1.55. The van der Waals surface area contributed by atoms with Gasteiger partial charge in [0.1, 0.15) is 5.75 Å². The van der Waals surface area contributed by atoms with Gasteiger partial charge in [-0.3, -0.25) is 5.32 Å². The fourth-order valence-electron chi connectivity index (χ4n) is 1.68. The van der Waals surface area contributed by atoms with Crippen LogP contribution >= 0.6 is 0 Å². The van der Waals surface area contributed by atoms with Crippen molar-refractivity contribution in [2.45, 2.75) is 6.92 Å². The number of hydrogen-bond acceptors (Lipinski definition) is 6. The van der Waals surface area contributed by atoms with Crippen molar-refractivity contribution in [2.75, 3.05) is 24.9 Å². The number of benzene rings is 1. The van der Waals surface area contributed by atoms with Crippen molar-refractivity contribution in [3.05, 3.63) is 35.9 Å². The maximum absolute atomic E-state index is 11.0. The van der Waals surface area contributed by atoms with E-state index in [0.717, 1.165) is 11.3 Å². The first-order valence-electron chi connectivity index (χ1n) is 6.22. The summed E-state index contributed by atoms with van der Waals surface area (Å²) < 4.78 is 9.75. The van der Waals surface area contributed by atoms with E-state index in [9.17, 15) is 4.79 Å². The van der Waals surface area contributed by atoms with Crippen molar-refractivity contribution in [1.82, 2.24) is 10.2 Å². The molecule has 0 aliphatic heterocycles. The smallest absolute Gasteiger partial charge is 0.412 e. The van der Waals surface area contributed by atoms with E-state index in [0.29, 0.717) is 17.4 Å². The average molecular weight is 288 g/mol. The van der Waals surface area contributed by atoms with Gasteiger partial charge in [0.15, 0.2) is 11.6 Å². The van der Waals surface area contributed by atoms with Crippen molar-refractivity contribution in [1.29, 1.82) is 0 Å². The Hall–Kier alpha value is -2.83. The van der Waals surface area contributed by atoms with Gasteiger partial charge < -0.3 is 14.8 Å². The fourth-order valence-corrected chi connectivity index (χ4v) is 1.68. The van der Waals surface area contributed by atoms with Gasteiger partial charge in [-0.05, 0) is 36.8 Å². The van der Waals surface area contributed by atoms with Crippen molar-refractivity contribution in [3.63, 3.8) is 0 Å². The molecule has 0 aliphatic carbocycles. The summed E-state index contributed by atoms with van der Waals surface area (Å²) in [5.41, 5.74) is 1.88. The molecule has 1 aromatic carbocycles. The highest BCUT2D eigenvalue weighted by molar-refractivity contribution is 5.83. The van der Waals surface area contributed by atoms with Crippen LogP contribution in [0, 0.1) is 6.92 Å². The Labute approximate surface area is 122 Å². The number of nitrogens with one attached hydrogen (secondary N) is 2. The van der Waals surface area contributed by atoms with Crippen LogP contribution in [0.2, 0.25) is 0 Å². The summed E-state index contributed by atoms with van der Waals surface area (Å²) >= 11 is 0. The third-order valence-corrected chi connectivity index (χ3v) is 2.70. The highest BCUT2D eigenvalue weighted by Crippen LogP contribution is 2.27. The zero-order valence-corrected chi connectivity index (χ0v) is 12.0. The molecule has 7 nitrogen and oxygen atoms in total. The Kier molecular flexibility index (Phi) is 4.55. The van der Waals surface area contributed by atoms with Gasteiger partial charge in [0.05, 0.1) is 19.9 Å². The number of anilines is 3. The van der Waals surface area contributed by atoms with Gasteiger partial charge >= 0.3 is 6.09 Å². The normalized spacial score (nSPS) is 9.86. The van der Waals surface area contributed by atoms with E-state index >= 15 is 0 Å². The van der Waals surface area contributed by atoms with E-state index < -0.39 is 6.09 Å². The lowest BCUT2D eigenvalue weighted by molar-refractivity contribution is 0.187. The van der Waals surface area contributed by atoms with Crippen LogP contribution in [0.4, 0.5) is 22.1 Å². The number of aryl methyl sites for hydroxylation is 1. The zero-order chi connectivity index (χ0) is 15.2. The molecule has 2 rings (SSSR count). The van der Waals surface area contributed by atoms with Crippen LogP contribution in [0.15, 0.2) is 30.3 Å². The predicted molar refractivity (Wildman–Crippen MR) is 79.1 cm³/mol. The highest BCUT2D eigenvalue weighted by atomic mass is 16.5. The summed E-state index contributed by atoms with van der Waals surface area (Å²) in [6, 6.07) is 9.09. The molecule has 1 heterocycles. The van der Waals surface area contributed by atoms with Gasteiger partial charge in [0.2, 0.25) is 0 Å². The second kappa shape index (κ2) is 6.56. The van der Waals surface area contributed by atoms with Crippen LogP contribution < -0.4 is 15.4 Å². The topological polar surface area (TPSA) is 85.4 Å². The first-order valence-corrected chi connectivity index (χ1v) is 6.22. The molecule has 21 heavy (non-hydrogen) atoms. The monoisotopic (exact) mass is 288 g/mol. The van der Waals surface area contributed by atoms with Crippen LogP contribution in [-0.2, 0) is 4.74 Å². The number of methoxy groups -OCH3 is 2. The van der Waals surface area contributed by atoms with Gasteiger partial charge in [-0.2, -0.15) is 0 Å². The van der Waals surface area contributed by atoms with Crippen molar-refractivity contribution in [2.24, 2.45) is 0 Å². The minimum Gasteiger partial charge on any atom is -0.495 e. The molecule has 7 heteroatoms. The molecule has 0 atom stereocenters. The number of carbonyl (C=O) groups is 1. The van der Waals surface area contributed by atoms with Gasteiger partial charge in [-0.25, -0.2) is 4.79 Å². The molecule has 1 amide bonds. The van der Waals surface area contributed by atoms with Gasteiger partial charge in [-0.15, -0.1) is 10.2 Å². The zero-order valence-electron chi connectivity index (χ0n) is 12.0. The molecule has 110 valence electrons. The first-order chi connectivity index (χ1) is 10.1. The predicted octanol–water partition coefficient (Wildman–Crippen LogP) is 2.72. The quantitative estimate of drug-likeness (QED) is 0.899. The Morgan fingerprint density at radius 1 is 1.10 bits per heavy atom. The number of rotatable bonds is 4. The van der Waals surface area contributed by atoms with E-state index in [-0.39, 0.29) is 0 Å². The standard InChI is InChI=1S/C14H16N4O3/c1-9-4-5-11(20-2)10(8-9)15-12-6-7-13(18-17-12)16-14(19)21-3/h4-8H,1-3H3,(H,15,17)(H,16,18,19). The van der Waals surface area contributed by atoms with Crippen molar-refractivity contribution in [3.8, 4) is 5.75 Å². The molecule has 0 radical (unpaired) electrons. The number of amides is 1. The van der Waals surface area contributed by atoms with E-state index in [4.69, 9.17) is 4.74 Å². The summed E-state index contributed by atoms with van der Waals surface area (Å²) in [5, 5.41) is 13.4. The van der Waals surface area contributed by atoms with E-state index in [1.165, 1.54) is 7.11 Å².